The molecule has 0 fully saturated rings. The summed E-state index contributed by atoms with van der Waals surface area (Å²) in [6.07, 6.45) is 3.99. The Hall–Kier alpha value is -3.48. The van der Waals surface area contributed by atoms with Gasteiger partial charge in [-0.05, 0) is 35.7 Å². The van der Waals surface area contributed by atoms with Crippen molar-refractivity contribution in [1.82, 2.24) is 14.9 Å². The summed E-state index contributed by atoms with van der Waals surface area (Å²) < 4.78 is 1.24. The molecule has 3 aromatic rings. The average Bonchev–Trinajstić information content (AvgIpc) is 2.86. The zero-order valence-corrected chi connectivity index (χ0v) is 21.2. The fraction of sp³-hybridized carbons (Fsp3) is 0.0870. The largest absolute Gasteiger partial charge is 0.402 e. The smallest absolute Gasteiger partial charge is 0.254 e. The van der Waals surface area contributed by atoms with E-state index in [0.29, 0.717) is 16.3 Å². The van der Waals surface area contributed by atoms with Gasteiger partial charge in [0.1, 0.15) is 16.2 Å². The molecule has 9 N–H and O–H groups in total. The number of rotatable bonds is 9. The lowest BCUT2D eigenvalue weighted by atomic mass is 10.0. The molecule has 0 aliphatic heterocycles. The lowest BCUT2D eigenvalue weighted by Gasteiger charge is -2.21. The molecular formula is C23H24Cl2N8O2S. The second-order valence-electron chi connectivity index (χ2n) is 7.45. The van der Waals surface area contributed by atoms with Gasteiger partial charge < -0.3 is 16.8 Å². The zero-order valence-electron chi connectivity index (χ0n) is 18.8. The molecule has 3 rings (SSSR count). The van der Waals surface area contributed by atoms with Crippen molar-refractivity contribution >= 4 is 46.7 Å². The molecule has 13 heteroatoms. The van der Waals surface area contributed by atoms with E-state index in [1.54, 1.807) is 18.2 Å². The third-order valence-electron chi connectivity index (χ3n) is 5.05. The van der Waals surface area contributed by atoms with Gasteiger partial charge in [0.05, 0.1) is 23.9 Å². The second-order valence-corrected chi connectivity index (χ2v) is 8.99. The first-order valence-electron chi connectivity index (χ1n) is 10.4. The molecule has 0 radical (unpaired) electrons. The van der Waals surface area contributed by atoms with E-state index in [0.717, 1.165) is 17.5 Å². The summed E-state index contributed by atoms with van der Waals surface area (Å²) in [6, 6.07) is 14.5. The number of carbonyl (C=O) groups is 1. The van der Waals surface area contributed by atoms with Crippen molar-refractivity contribution in [2.24, 2.45) is 22.4 Å². The summed E-state index contributed by atoms with van der Waals surface area (Å²) in [4.78, 5) is 30.8. The molecule has 1 atom stereocenters. The number of nitrogens with two attached hydrogens (primary N) is 4. The van der Waals surface area contributed by atoms with Crippen LogP contribution in [0.1, 0.15) is 11.6 Å². The third kappa shape index (κ3) is 6.80. The van der Waals surface area contributed by atoms with Gasteiger partial charge in [0.2, 0.25) is 5.91 Å². The van der Waals surface area contributed by atoms with E-state index in [4.69, 9.17) is 45.7 Å². The lowest BCUT2D eigenvalue weighted by Crippen LogP contribution is -2.38. The van der Waals surface area contributed by atoms with Crippen LogP contribution in [0.25, 0.3) is 11.3 Å². The van der Waals surface area contributed by atoms with Crippen LogP contribution in [-0.2, 0) is 11.2 Å². The van der Waals surface area contributed by atoms with Crippen LogP contribution in [0.2, 0.25) is 5.02 Å². The number of benzene rings is 2. The van der Waals surface area contributed by atoms with Gasteiger partial charge in [-0.1, -0.05) is 53.5 Å². The summed E-state index contributed by atoms with van der Waals surface area (Å²) in [5.41, 5.74) is 12.6. The standard InChI is InChI=1S/C23H24Cl2N8O2S/c24-15-6-7-18(33(28)12-20(25)27)16(9-15)17-10-22(34)32(13-30-17)19(8-14-4-2-1-3-5-14)23(35)31-21(11-26)36-29/h1-7,9-13,19H,8,26-29H2,(H,31,35)/b20-12-,21-11-. The molecule has 0 bridgehead atoms. The quantitative estimate of drug-likeness (QED) is 0.117. The van der Waals surface area contributed by atoms with Gasteiger partial charge in [-0.3, -0.25) is 24.3 Å². The highest BCUT2D eigenvalue weighted by atomic mass is 35.5. The van der Waals surface area contributed by atoms with E-state index in [1.165, 1.54) is 34.4 Å². The number of nitrogens with zero attached hydrogens (tertiary/aromatic N) is 3. The number of nitrogens with one attached hydrogen (secondary N) is 1. The van der Waals surface area contributed by atoms with Gasteiger partial charge in [0.15, 0.2) is 0 Å². The average molecular weight is 547 g/mol. The summed E-state index contributed by atoms with van der Waals surface area (Å²) >= 11 is 12.7. The Bertz CT molecular complexity index is 1340. The number of amides is 1. The third-order valence-corrected chi connectivity index (χ3v) is 5.87. The van der Waals surface area contributed by atoms with Crippen LogP contribution in [0.15, 0.2) is 88.3 Å². The van der Waals surface area contributed by atoms with Gasteiger partial charge in [0, 0.05) is 29.3 Å². The monoisotopic (exact) mass is 546 g/mol. The molecule has 2 aromatic carbocycles. The zero-order chi connectivity index (χ0) is 26.2. The van der Waals surface area contributed by atoms with Crippen molar-refractivity contribution in [3.05, 3.63) is 104 Å². The van der Waals surface area contributed by atoms with Gasteiger partial charge in [0.25, 0.3) is 5.56 Å². The number of hydrogen-bond donors (Lipinski definition) is 5. The predicted octanol–water partition coefficient (Wildman–Crippen LogP) is 2.50. The molecule has 0 saturated carbocycles. The first kappa shape index (κ1) is 27.1. The van der Waals surface area contributed by atoms with E-state index >= 15 is 0 Å². The number of halogens is 2. The number of hydrogen-bond acceptors (Lipinski definition) is 9. The first-order valence-corrected chi connectivity index (χ1v) is 12.0. The molecule has 1 aromatic heterocycles. The molecule has 0 spiro atoms. The van der Waals surface area contributed by atoms with Gasteiger partial charge in [-0.15, -0.1) is 0 Å². The van der Waals surface area contributed by atoms with E-state index in [1.807, 2.05) is 30.3 Å². The van der Waals surface area contributed by atoms with Crippen molar-refractivity contribution in [2.45, 2.75) is 12.5 Å². The SMILES string of the molecule is N/C=C(/NC(=O)C(Cc1ccccc1)n1cnc(-c2cc(Cl)ccc2N(N)/C=C(\N)Cl)cc1=O)SN. The van der Waals surface area contributed by atoms with Gasteiger partial charge >= 0.3 is 0 Å². The highest BCUT2D eigenvalue weighted by Crippen LogP contribution is 2.31. The molecular weight excluding hydrogens is 523 g/mol. The second kappa shape index (κ2) is 12.5. The van der Waals surface area contributed by atoms with Crippen LogP contribution in [0, 0.1) is 0 Å². The van der Waals surface area contributed by atoms with E-state index < -0.39 is 17.5 Å². The topological polar surface area (TPSA) is 171 Å². The predicted molar refractivity (Wildman–Crippen MR) is 145 cm³/mol. The van der Waals surface area contributed by atoms with Crippen molar-refractivity contribution in [3.8, 4) is 11.3 Å². The molecule has 0 aliphatic carbocycles. The Morgan fingerprint density at radius 2 is 1.94 bits per heavy atom. The Morgan fingerprint density at radius 1 is 1.22 bits per heavy atom. The number of hydrazine groups is 1. The van der Waals surface area contributed by atoms with Crippen molar-refractivity contribution in [3.63, 3.8) is 0 Å². The minimum absolute atomic E-state index is 0.0434. The Morgan fingerprint density at radius 3 is 2.56 bits per heavy atom. The highest BCUT2D eigenvalue weighted by Gasteiger charge is 2.24. The van der Waals surface area contributed by atoms with E-state index in [-0.39, 0.29) is 22.3 Å². The van der Waals surface area contributed by atoms with Crippen molar-refractivity contribution < 1.29 is 4.79 Å². The minimum Gasteiger partial charge on any atom is -0.402 e. The highest BCUT2D eigenvalue weighted by molar-refractivity contribution is 8.00. The number of anilines is 1. The van der Waals surface area contributed by atoms with Crippen molar-refractivity contribution in [2.75, 3.05) is 5.01 Å². The molecule has 10 nitrogen and oxygen atoms in total. The summed E-state index contributed by atoms with van der Waals surface area (Å²) in [5.74, 6) is 5.57. The fourth-order valence-electron chi connectivity index (χ4n) is 3.40. The van der Waals surface area contributed by atoms with Crippen molar-refractivity contribution in [1.29, 1.82) is 0 Å². The molecule has 1 unspecified atom stereocenters. The van der Waals surface area contributed by atoms with Crippen LogP contribution in [0.5, 0.6) is 0 Å². The van der Waals surface area contributed by atoms with E-state index in [2.05, 4.69) is 10.3 Å². The maximum Gasteiger partial charge on any atom is 0.254 e. The Balaban J connectivity index is 2.05. The summed E-state index contributed by atoms with van der Waals surface area (Å²) in [5, 5.41) is 9.97. The molecule has 188 valence electrons. The van der Waals surface area contributed by atoms with Crippen LogP contribution < -0.4 is 38.3 Å². The normalized spacial score (nSPS) is 12.8. The number of carbonyl (C=O) groups excluding carboxylic acids is 1. The fourth-order valence-corrected chi connectivity index (χ4v) is 3.92. The van der Waals surface area contributed by atoms with Crippen LogP contribution in [-0.4, -0.2) is 15.5 Å². The van der Waals surface area contributed by atoms with Gasteiger partial charge in [-0.25, -0.2) is 10.8 Å². The maximum atomic E-state index is 13.3. The van der Waals surface area contributed by atoms with Crippen LogP contribution in [0.4, 0.5) is 5.69 Å². The molecule has 1 amide bonds. The lowest BCUT2D eigenvalue weighted by molar-refractivity contribution is -0.123. The first-order chi connectivity index (χ1) is 17.2. The Labute approximate surface area is 221 Å². The molecule has 36 heavy (non-hydrogen) atoms. The van der Waals surface area contributed by atoms with Gasteiger partial charge in [-0.2, -0.15) is 0 Å². The van der Waals surface area contributed by atoms with E-state index in [9.17, 15) is 9.59 Å². The molecule has 0 saturated heterocycles. The summed E-state index contributed by atoms with van der Waals surface area (Å²) in [6.45, 7) is 0. The Kier molecular flexibility index (Phi) is 9.39. The summed E-state index contributed by atoms with van der Waals surface area (Å²) in [7, 11) is 0. The minimum atomic E-state index is -0.938. The van der Waals surface area contributed by atoms with Crippen LogP contribution in [0.3, 0.4) is 0 Å². The van der Waals surface area contributed by atoms with Crippen LogP contribution >= 0.6 is 35.1 Å². The molecule has 0 aliphatic rings. The number of aromatic nitrogens is 2. The molecule has 1 heterocycles. The maximum absolute atomic E-state index is 13.3.